The van der Waals surface area contributed by atoms with Crippen LogP contribution in [0.5, 0.6) is 5.75 Å². The third-order valence-corrected chi connectivity index (χ3v) is 5.28. The third kappa shape index (κ3) is 5.13. The molecular formula is C23H17Cl2N5OS. The van der Waals surface area contributed by atoms with Gasteiger partial charge >= 0.3 is 0 Å². The molecule has 1 heterocycles. The molecule has 4 aromatic rings. The lowest BCUT2D eigenvalue weighted by atomic mass is 10.2. The van der Waals surface area contributed by atoms with E-state index in [0.717, 1.165) is 22.6 Å². The van der Waals surface area contributed by atoms with Gasteiger partial charge in [0.25, 0.3) is 0 Å². The normalized spacial score (nSPS) is 11.0. The lowest BCUT2D eigenvalue weighted by Gasteiger charge is -2.13. The largest absolute Gasteiger partial charge is 0.497 e. The van der Waals surface area contributed by atoms with Gasteiger partial charge in [-0.15, -0.1) is 0 Å². The van der Waals surface area contributed by atoms with Gasteiger partial charge in [-0.2, -0.15) is 15.1 Å². The number of rotatable bonds is 6. The maximum Gasteiger partial charge on any atom is 0.232 e. The summed E-state index contributed by atoms with van der Waals surface area (Å²) in [5, 5.41) is 5.58. The number of hydrazone groups is 1. The van der Waals surface area contributed by atoms with Crippen molar-refractivity contribution >= 4 is 47.6 Å². The number of aromatic nitrogens is 3. The summed E-state index contributed by atoms with van der Waals surface area (Å²) >= 11 is 17.6. The first-order chi connectivity index (χ1) is 15.5. The van der Waals surface area contributed by atoms with Crippen molar-refractivity contribution in [1.29, 1.82) is 0 Å². The number of anilines is 1. The second-order valence-electron chi connectivity index (χ2n) is 6.62. The van der Waals surface area contributed by atoms with Gasteiger partial charge in [0.1, 0.15) is 5.75 Å². The summed E-state index contributed by atoms with van der Waals surface area (Å²) in [5.74, 6) is 1.64. The average molecular weight is 482 g/mol. The van der Waals surface area contributed by atoms with Crippen LogP contribution < -0.4 is 10.2 Å². The Morgan fingerprint density at radius 3 is 2.16 bits per heavy atom. The molecule has 0 amide bonds. The van der Waals surface area contributed by atoms with E-state index >= 15 is 0 Å². The van der Waals surface area contributed by atoms with Crippen LogP contribution in [0.15, 0.2) is 77.9 Å². The fourth-order valence-electron chi connectivity index (χ4n) is 2.89. The first-order valence-electron chi connectivity index (χ1n) is 9.49. The smallest absolute Gasteiger partial charge is 0.232 e. The molecule has 0 radical (unpaired) electrons. The van der Waals surface area contributed by atoms with E-state index in [0.29, 0.717) is 26.6 Å². The van der Waals surface area contributed by atoms with Gasteiger partial charge < -0.3 is 4.74 Å². The maximum absolute atomic E-state index is 6.04. The van der Waals surface area contributed by atoms with Crippen molar-refractivity contribution in [3.63, 3.8) is 0 Å². The molecule has 160 valence electrons. The topological polar surface area (TPSA) is 64.3 Å². The standard InChI is InChI=1S/C23H17Cl2N5OS/c1-31-20-12-2-15(3-13-20)14-26-29-22-27-21(16-4-6-17(24)7-5-16)28-23(32)30(22)19-10-8-18(25)9-11-19/h2-14H,1H3,(H,27,28,29,32)/b26-14+. The van der Waals surface area contributed by atoms with Gasteiger partial charge in [-0.25, -0.2) is 5.43 Å². The highest BCUT2D eigenvalue weighted by molar-refractivity contribution is 7.71. The van der Waals surface area contributed by atoms with Gasteiger partial charge in [0.05, 0.1) is 19.0 Å². The zero-order chi connectivity index (χ0) is 22.5. The number of hydrogen-bond acceptors (Lipinski definition) is 6. The van der Waals surface area contributed by atoms with Crippen molar-refractivity contribution in [2.24, 2.45) is 5.10 Å². The van der Waals surface area contributed by atoms with Crippen LogP contribution in [-0.4, -0.2) is 27.9 Å². The van der Waals surface area contributed by atoms with Crippen LogP contribution in [-0.2, 0) is 0 Å². The maximum atomic E-state index is 6.04. The van der Waals surface area contributed by atoms with E-state index in [1.165, 1.54) is 0 Å². The first-order valence-corrected chi connectivity index (χ1v) is 10.7. The van der Waals surface area contributed by atoms with Crippen LogP contribution in [0.1, 0.15) is 5.56 Å². The Hall–Kier alpha value is -3.26. The molecule has 1 N–H and O–H groups in total. The number of methoxy groups -OCH3 is 1. The zero-order valence-electron chi connectivity index (χ0n) is 16.9. The molecule has 0 atom stereocenters. The SMILES string of the molecule is COc1ccc(/C=N/Nc2nc(-c3ccc(Cl)cc3)nc(=S)n2-c2ccc(Cl)cc2)cc1. The summed E-state index contributed by atoms with van der Waals surface area (Å²) in [6.07, 6.45) is 1.68. The third-order valence-electron chi connectivity index (χ3n) is 4.50. The fraction of sp³-hybridized carbons (Fsp3) is 0.0435. The number of hydrogen-bond donors (Lipinski definition) is 1. The lowest BCUT2D eigenvalue weighted by molar-refractivity contribution is 0.415. The molecule has 0 spiro atoms. The van der Waals surface area contributed by atoms with Crippen LogP contribution in [0.4, 0.5) is 5.95 Å². The van der Waals surface area contributed by atoms with Gasteiger partial charge in [-0.1, -0.05) is 23.2 Å². The summed E-state index contributed by atoms with van der Waals surface area (Å²) in [4.78, 5) is 9.16. The van der Waals surface area contributed by atoms with Gasteiger partial charge in [-0.3, -0.25) is 4.57 Å². The molecule has 3 aromatic carbocycles. The highest BCUT2D eigenvalue weighted by atomic mass is 35.5. The molecule has 0 aliphatic carbocycles. The molecule has 0 bridgehead atoms. The predicted octanol–water partition coefficient (Wildman–Crippen LogP) is 6.43. The molecule has 0 saturated heterocycles. The summed E-state index contributed by atoms with van der Waals surface area (Å²) in [6.45, 7) is 0. The van der Waals surface area contributed by atoms with Crippen molar-refractivity contribution in [3.8, 4) is 22.8 Å². The molecule has 0 aliphatic heterocycles. The number of halogens is 2. The highest BCUT2D eigenvalue weighted by Crippen LogP contribution is 2.23. The molecule has 0 unspecified atom stereocenters. The molecule has 0 saturated carbocycles. The zero-order valence-corrected chi connectivity index (χ0v) is 19.2. The summed E-state index contributed by atoms with van der Waals surface area (Å²) in [5.41, 5.74) is 5.42. The van der Waals surface area contributed by atoms with E-state index in [4.69, 9.17) is 40.2 Å². The molecule has 1 aromatic heterocycles. The number of nitrogens with one attached hydrogen (secondary N) is 1. The minimum Gasteiger partial charge on any atom is -0.497 e. The van der Waals surface area contributed by atoms with Crippen LogP contribution in [0.2, 0.25) is 10.0 Å². The summed E-state index contributed by atoms with van der Waals surface area (Å²) in [7, 11) is 1.62. The van der Waals surface area contributed by atoms with Gasteiger partial charge in [0.15, 0.2) is 5.82 Å². The molecule has 6 nitrogen and oxygen atoms in total. The van der Waals surface area contributed by atoms with Crippen LogP contribution in [0.3, 0.4) is 0 Å². The average Bonchev–Trinajstić information content (AvgIpc) is 2.81. The number of benzene rings is 3. The summed E-state index contributed by atoms with van der Waals surface area (Å²) in [6, 6.07) is 22.0. The molecule has 4 rings (SSSR count). The Labute approximate surface area is 200 Å². The first kappa shape index (κ1) is 22.0. The highest BCUT2D eigenvalue weighted by Gasteiger charge is 2.11. The monoisotopic (exact) mass is 481 g/mol. The predicted molar refractivity (Wildman–Crippen MR) is 132 cm³/mol. The Morgan fingerprint density at radius 2 is 1.53 bits per heavy atom. The van der Waals surface area contributed by atoms with E-state index in [-0.39, 0.29) is 0 Å². The lowest BCUT2D eigenvalue weighted by Crippen LogP contribution is -2.10. The van der Waals surface area contributed by atoms with Crippen LogP contribution in [0.25, 0.3) is 17.1 Å². The van der Waals surface area contributed by atoms with Gasteiger partial charge in [0.2, 0.25) is 10.7 Å². The second-order valence-corrected chi connectivity index (χ2v) is 7.85. The van der Waals surface area contributed by atoms with Crippen molar-refractivity contribution in [2.75, 3.05) is 12.5 Å². The van der Waals surface area contributed by atoms with Gasteiger partial charge in [0, 0.05) is 15.6 Å². The quantitative estimate of drug-likeness (QED) is 0.195. The van der Waals surface area contributed by atoms with Crippen LogP contribution >= 0.6 is 35.4 Å². The van der Waals surface area contributed by atoms with Crippen molar-refractivity contribution in [2.45, 2.75) is 0 Å². The van der Waals surface area contributed by atoms with Gasteiger partial charge in [-0.05, 0) is 90.6 Å². The Balaban J connectivity index is 1.73. The van der Waals surface area contributed by atoms with E-state index in [1.54, 1.807) is 42.2 Å². The van der Waals surface area contributed by atoms with E-state index < -0.39 is 0 Å². The van der Waals surface area contributed by atoms with E-state index in [2.05, 4.69) is 20.5 Å². The van der Waals surface area contributed by atoms with Crippen molar-refractivity contribution < 1.29 is 4.74 Å². The summed E-state index contributed by atoms with van der Waals surface area (Å²) < 4.78 is 7.19. The Morgan fingerprint density at radius 1 is 0.906 bits per heavy atom. The molecule has 32 heavy (non-hydrogen) atoms. The van der Waals surface area contributed by atoms with E-state index in [9.17, 15) is 0 Å². The Bertz CT molecular complexity index is 1300. The fourth-order valence-corrected chi connectivity index (χ4v) is 3.42. The molecule has 0 fully saturated rings. The minimum atomic E-state index is 0.314. The Kier molecular flexibility index (Phi) is 6.80. The van der Waals surface area contributed by atoms with Crippen molar-refractivity contribution in [3.05, 3.63) is 93.2 Å². The molecular weight excluding hydrogens is 465 g/mol. The van der Waals surface area contributed by atoms with Crippen LogP contribution in [0, 0.1) is 4.77 Å². The number of ether oxygens (including phenoxy) is 1. The minimum absolute atomic E-state index is 0.314. The number of nitrogens with zero attached hydrogens (tertiary/aromatic N) is 4. The van der Waals surface area contributed by atoms with Crippen molar-refractivity contribution in [1.82, 2.24) is 14.5 Å². The second kappa shape index (κ2) is 9.91. The van der Waals surface area contributed by atoms with E-state index in [1.807, 2.05) is 48.5 Å². The molecule has 9 heteroatoms. The molecule has 0 aliphatic rings.